The van der Waals surface area contributed by atoms with Crippen molar-refractivity contribution in [1.29, 1.82) is 0 Å². The Morgan fingerprint density at radius 2 is 2.12 bits per heavy atom. The molecule has 2 aliphatic heterocycles. The van der Waals surface area contributed by atoms with Gasteiger partial charge < -0.3 is 25.4 Å². The molecule has 2 unspecified atom stereocenters. The Kier molecular flexibility index (Phi) is 7.94. The van der Waals surface area contributed by atoms with Gasteiger partial charge in [0.25, 0.3) is 11.8 Å². The molecule has 0 spiro atoms. The summed E-state index contributed by atoms with van der Waals surface area (Å²) >= 11 is 2.50. The number of β-lactam (4-membered cyclic amide) rings is 1. The van der Waals surface area contributed by atoms with Crippen LogP contribution in [0.3, 0.4) is 0 Å². The number of nitrogen functional groups attached to an aromatic ring is 1. The van der Waals surface area contributed by atoms with Crippen LogP contribution in [-0.2, 0) is 33.5 Å². The number of esters is 2. The Labute approximate surface area is 203 Å². The predicted octanol–water partition coefficient (Wildman–Crippen LogP) is 0.758. The number of nitrogens with two attached hydrogens (primary N) is 1. The largest absolute Gasteiger partial charge is 0.426 e. The molecule has 1 aromatic rings. The van der Waals surface area contributed by atoms with Crippen molar-refractivity contribution < 1.29 is 33.5 Å². The van der Waals surface area contributed by atoms with Crippen LogP contribution in [0, 0.1) is 0 Å². The lowest BCUT2D eigenvalue weighted by Crippen LogP contribution is -2.71. The molecule has 0 aromatic carbocycles. The van der Waals surface area contributed by atoms with Gasteiger partial charge in [-0.15, -0.1) is 23.1 Å². The third-order valence-electron chi connectivity index (χ3n) is 4.61. The number of nitrogens with one attached hydrogen (secondary N) is 1. The number of rotatable bonds is 8. The van der Waals surface area contributed by atoms with Crippen molar-refractivity contribution in [1.82, 2.24) is 15.2 Å². The maximum absolute atomic E-state index is 13.0. The molecule has 1 saturated heterocycles. The minimum absolute atomic E-state index is 0.0365. The van der Waals surface area contributed by atoms with E-state index < -0.39 is 41.5 Å². The summed E-state index contributed by atoms with van der Waals surface area (Å²) < 4.78 is 10.1. The second kappa shape index (κ2) is 10.7. The van der Waals surface area contributed by atoms with E-state index in [9.17, 15) is 19.2 Å². The van der Waals surface area contributed by atoms with Gasteiger partial charge in [-0.1, -0.05) is 17.3 Å². The number of carbonyl (C=O) groups excluding carboxylic acids is 4. The maximum atomic E-state index is 13.0. The molecule has 0 radical (unpaired) electrons. The van der Waals surface area contributed by atoms with Crippen LogP contribution in [0.4, 0.5) is 5.13 Å². The Balaban J connectivity index is 1.79. The quantitative estimate of drug-likeness (QED) is 0.168. The second-order valence-electron chi connectivity index (χ2n) is 7.01. The topological polar surface area (TPSA) is 163 Å². The van der Waals surface area contributed by atoms with Gasteiger partial charge >= 0.3 is 11.9 Å². The van der Waals surface area contributed by atoms with Crippen LogP contribution in [0.25, 0.3) is 0 Å². The van der Waals surface area contributed by atoms with Crippen LogP contribution >= 0.6 is 23.1 Å². The minimum Gasteiger partial charge on any atom is -0.426 e. The molecule has 2 aliphatic rings. The zero-order valence-corrected chi connectivity index (χ0v) is 20.4. The van der Waals surface area contributed by atoms with E-state index in [4.69, 9.17) is 20.0 Å². The first-order valence-electron chi connectivity index (χ1n) is 10.00. The van der Waals surface area contributed by atoms with Crippen molar-refractivity contribution in [2.75, 3.05) is 18.6 Å². The minimum atomic E-state index is -1.14. The number of carbonyl (C=O) groups is 4. The Morgan fingerprint density at radius 3 is 2.71 bits per heavy atom. The van der Waals surface area contributed by atoms with Gasteiger partial charge in [0.1, 0.15) is 29.9 Å². The fraction of sp³-hybridized carbons (Fsp3) is 0.400. The fourth-order valence-electron chi connectivity index (χ4n) is 3.33. The highest BCUT2D eigenvalue weighted by atomic mass is 32.2. The van der Waals surface area contributed by atoms with Crippen molar-refractivity contribution in [2.24, 2.45) is 5.16 Å². The number of fused-ring (bicyclic) bond motifs is 1. The highest BCUT2D eigenvalue weighted by Gasteiger charge is 2.54. The molecule has 3 rings (SSSR count). The van der Waals surface area contributed by atoms with Gasteiger partial charge in [0.2, 0.25) is 6.29 Å². The van der Waals surface area contributed by atoms with Gasteiger partial charge in [0.05, 0.1) is 0 Å². The third-order valence-corrected chi connectivity index (χ3v) is 6.59. The number of hydrogen-bond donors (Lipinski definition) is 2. The maximum Gasteiger partial charge on any atom is 0.358 e. The van der Waals surface area contributed by atoms with E-state index in [1.54, 1.807) is 24.5 Å². The van der Waals surface area contributed by atoms with Crippen LogP contribution < -0.4 is 11.1 Å². The summed E-state index contributed by atoms with van der Waals surface area (Å²) in [6, 6.07) is -0.920. The van der Waals surface area contributed by atoms with Crippen molar-refractivity contribution in [3.8, 4) is 0 Å². The van der Waals surface area contributed by atoms with Crippen LogP contribution in [0.2, 0.25) is 0 Å². The van der Waals surface area contributed by atoms with Crippen molar-refractivity contribution >= 4 is 57.7 Å². The van der Waals surface area contributed by atoms with Crippen molar-refractivity contribution in [2.45, 2.75) is 38.5 Å². The number of anilines is 1. The molecule has 12 nitrogen and oxygen atoms in total. The summed E-state index contributed by atoms with van der Waals surface area (Å²) in [6.07, 6.45) is 2.30. The molecule has 14 heteroatoms. The van der Waals surface area contributed by atoms with E-state index in [1.165, 1.54) is 37.6 Å². The fourth-order valence-corrected chi connectivity index (χ4v) is 5.19. The highest BCUT2D eigenvalue weighted by molar-refractivity contribution is 8.00. The summed E-state index contributed by atoms with van der Waals surface area (Å²) in [7, 11) is 1.28. The summed E-state index contributed by atoms with van der Waals surface area (Å²) in [4.78, 5) is 59.9. The Bertz CT molecular complexity index is 1100. The number of amides is 2. The standard InChI is InChI=1S/C20H23N5O7S2/c1-5-6-11-7-33-18-14(23-16(27)13(24-30-4)12-8-34-20(21)22-12)17(28)25(18)15(11)19(29)32-10(3)31-9(2)26/h5-6,8,10,14,18H,7H2,1-4H3,(H2,21,22)(H,23,27)/t10?,14?,18-/m0/s1. The van der Waals surface area contributed by atoms with E-state index in [1.807, 2.05) is 0 Å². The first kappa shape index (κ1) is 25.2. The highest BCUT2D eigenvalue weighted by Crippen LogP contribution is 2.41. The van der Waals surface area contributed by atoms with E-state index in [0.717, 1.165) is 11.3 Å². The van der Waals surface area contributed by atoms with E-state index in [0.29, 0.717) is 11.3 Å². The lowest BCUT2D eigenvalue weighted by Gasteiger charge is -2.49. The SMILES string of the molecule is CC=CC1=C(C(=O)OC(C)OC(C)=O)N2C(=O)C(NC(=O)C(=NOC)c3csc(N)n3)[C@@H]2SC1. The molecular weight excluding hydrogens is 486 g/mol. The van der Waals surface area contributed by atoms with Crippen molar-refractivity contribution in [3.05, 3.63) is 34.5 Å². The number of aromatic nitrogens is 1. The van der Waals surface area contributed by atoms with Gasteiger partial charge in [-0.25, -0.2) is 9.78 Å². The number of hydrogen-bond acceptors (Lipinski definition) is 12. The van der Waals surface area contributed by atoms with Crippen LogP contribution in [0.1, 0.15) is 26.5 Å². The zero-order valence-electron chi connectivity index (χ0n) is 18.8. The summed E-state index contributed by atoms with van der Waals surface area (Å²) in [6.45, 7) is 4.36. The lowest BCUT2D eigenvalue weighted by atomic mass is 10.0. The average molecular weight is 510 g/mol. The smallest absolute Gasteiger partial charge is 0.358 e. The summed E-state index contributed by atoms with van der Waals surface area (Å²) in [5.41, 5.74) is 6.32. The molecule has 3 atom stereocenters. The van der Waals surface area contributed by atoms with Crippen LogP contribution in [-0.4, -0.2) is 69.9 Å². The number of oxime groups is 1. The number of allylic oxidation sites excluding steroid dienone is 2. The molecule has 3 heterocycles. The molecule has 3 N–H and O–H groups in total. The molecule has 0 aliphatic carbocycles. The van der Waals surface area contributed by atoms with Gasteiger partial charge in [-0.05, 0) is 12.5 Å². The predicted molar refractivity (Wildman–Crippen MR) is 124 cm³/mol. The third kappa shape index (κ3) is 5.22. The first-order chi connectivity index (χ1) is 16.2. The van der Waals surface area contributed by atoms with Crippen LogP contribution in [0.5, 0.6) is 0 Å². The molecule has 1 aromatic heterocycles. The molecule has 2 amide bonds. The molecule has 182 valence electrons. The second-order valence-corrected chi connectivity index (χ2v) is 9.01. The van der Waals surface area contributed by atoms with Gasteiger partial charge in [0.15, 0.2) is 10.8 Å². The average Bonchev–Trinajstić information content (AvgIpc) is 3.20. The molecule has 34 heavy (non-hydrogen) atoms. The molecular formula is C20H23N5O7S2. The summed E-state index contributed by atoms with van der Waals surface area (Å²) in [5, 5.41) is 7.58. The van der Waals surface area contributed by atoms with Crippen molar-refractivity contribution in [3.63, 3.8) is 0 Å². The number of thiazole rings is 1. The molecule has 0 saturated carbocycles. The van der Waals surface area contributed by atoms with Gasteiger partial charge in [-0.2, -0.15) is 0 Å². The number of nitrogens with zero attached hydrogens (tertiary/aromatic N) is 3. The number of thioether (sulfide) groups is 1. The van der Waals surface area contributed by atoms with Gasteiger partial charge in [0, 0.05) is 25.0 Å². The van der Waals surface area contributed by atoms with E-state index in [-0.39, 0.29) is 22.2 Å². The van der Waals surface area contributed by atoms with E-state index >= 15 is 0 Å². The molecule has 0 bridgehead atoms. The first-order valence-corrected chi connectivity index (χ1v) is 11.9. The lowest BCUT2D eigenvalue weighted by molar-refractivity contribution is -0.182. The number of ether oxygens (including phenoxy) is 2. The Hall–Kier alpha value is -3.39. The van der Waals surface area contributed by atoms with Crippen LogP contribution in [0.15, 0.2) is 34.0 Å². The monoisotopic (exact) mass is 509 g/mol. The molecule has 1 fully saturated rings. The summed E-state index contributed by atoms with van der Waals surface area (Å²) in [5.74, 6) is -2.22. The zero-order chi connectivity index (χ0) is 25.0. The van der Waals surface area contributed by atoms with Gasteiger partial charge in [-0.3, -0.25) is 19.3 Å². The normalized spacial score (nSPS) is 21.0. The Morgan fingerprint density at radius 1 is 1.38 bits per heavy atom. The van der Waals surface area contributed by atoms with E-state index in [2.05, 4.69) is 15.5 Å².